The van der Waals surface area contributed by atoms with Gasteiger partial charge in [-0.05, 0) is 75.0 Å². The molecule has 1 aromatic rings. The van der Waals surface area contributed by atoms with Gasteiger partial charge in [-0.25, -0.2) is 9.37 Å². The third-order valence-corrected chi connectivity index (χ3v) is 9.01. The lowest BCUT2D eigenvalue weighted by molar-refractivity contribution is -0.534. The van der Waals surface area contributed by atoms with E-state index in [1.165, 1.54) is 17.4 Å². The number of thiocarbonyl (C=S) groups is 1. The number of carboxylic acid groups (broad SMARTS) is 1. The number of carbonyl (C=O) groups excluding carboxylic acids is 2. The lowest BCUT2D eigenvalue weighted by Gasteiger charge is -2.28. The van der Waals surface area contributed by atoms with Crippen LogP contribution >= 0.6 is 12.2 Å². The Kier molecular flexibility index (Phi) is 12.3. The summed E-state index contributed by atoms with van der Waals surface area (Å²) in [7, 11) is 1.93. The third kappa shape index (κ3) is 8.14. The molecule has 3 rings (SSSR count). The van der Waals surface area contributed by atoms with Gasteiger partial charge in [0.25, 0.3) is 5.17 Å². The number of ether oxygens (including phenoxy) is 1. The summed E-state index contributed by atoms with van der Waals surface area (Å²) in [5.74, 6) is -1.93. The van der Waals surface area contributed by atoms with E-state index in [2.05, 4.69) is 32.0 Å². The summed E-state index contributed by atoms with van der Waals surface area (Å²) < 4.78 is 8.18. The second kappa shape index (κ2) is 15.5. The molecule has 44 heavy (non-hydrogen) atoms. The molecule has 1 unspecified atom stereocenters. The van der Waals surface area contributed by atoms with E-state index in [0.717, 1.165) is 44.1 Å². The number of aliphatic carboxylic acids is 1. The molecule has 0 saturated carbocycles. The number of hydrogen-bond donors (Lipinski definition) is 3. The first-order chi connectivity index (χ1) is 20.8. The van der Waals surface area contributed by atoms with Gasteiger partial charge < -0.3 is 25.2 Å². The minimum absolute atomic E-state index is 0.0263. The van der Waals surface area contributed by atoms with Gasteiger partial charge in [-0.2, -0.15) is 0 Å². The van der Waals surface area contributed by atoms with E-state index in [1.54, 1.807) is 0 Å². The molecule has 4 atom stereocenters. The molecule has 240 valence electrons. The third-order valence-electron chi connectivity index (χ3n) is 8.78. The van der Waals surface area contributed by atoms with Crippen molar-refractivity contribution in [3.8, 4) is 11.5 Å². The molecule has 1 aliphatic heterocycles. The Labute approximate surface area is 266 Å². The second-order valence-electron chi connectivity index (χ2n) is 12.2. The second-order valence-corrected chi connectivity index (χ2v) is 12.6. The number of nitrogens with zero attached hydrogens (tertiary/aromatic N) is 2. The van der Waals surface area contributed by atoms with Crippen LogP contribution in [0.15, 0.2) is 35.1 Å². The normalized spacial score (nSPS) is 21.6. The molecule has 1 heterocycles. The van der Waals surface area contributed by atoms with E-state index in [1.807, 2.05) is 37.6 Å². The van der Waals surface area contributed by atoms with Gasteiger partial charge in [0.2, 0.25) is 5.91 Å². The van der Waals surface area contributed by atoms with E-state index < -0.39 is 11.9 Å². The number of aryl methyl sites for hydroxylation is 1. The molecule has 0 radical (unpaired) electrons. The Bertz CT molecular complexity index is 1370. The van der Waals surface area contributed by atoms with E-state index >= 15 is 0 Å². The number of phenols is 1. The quantitative estimate of drug-likeness (QED) is 0.0657. The first kappa shape index (κ1) is 35.0. The number of phenolic OH excluding ortho intramolecular Hbond substituents is 1. The number of aromatic hydroxyl groups is 1. The Morgan fingerprint density at radius 1 is 1.23 bits per heavy atom. The molecular weight excluding hydrogens is 578 g/mol. The van der Waals surface area contributed by atoms with Gasteiger partial charge in [0.05, 0.1) is 17.9 Å². The summed E-state index contributed by atoms with van der Waals surface area (Å²) in [5, 5.41) is 24.6. The van der Waals surface area contributed by atoms with Crippen LogP contribution in [0.5, 0.6) is 11.5 Å². The average molecular weight is 627 g/mol. The number of Topliss-reactive ketones (excluding diaryl/α,β-unsaturated/α-hetero) is 1. The zero-order valence-electron chi connectivity index (χ0n) is 26.9. The predicted octanol–water partition coefficient (Wildman–Crippen LogP) is 5.49. The highest BCUT2D eigenvalue weighted by molar-refractivity contribution is 7.80. The van der Waals surface area contributed by atoms with E-state index in [4.69, 9.17) is 17.0 Å². The number of ketones is 1. The number of nitrogens with one attached hydrogen (secondary N) is 1. The molecular formula is C34H48N3O6S+. The topological polar surface area (TPSA) is 119 Å². The molecule has 1 amide bonds. The van der Waals surface area contributed by atoms with Crippen molar-refractivity contribution in [1.82, 2.24) is 10.2 Å². The smallest absolute Gasteiger partial charge is 0.352 e. The van der Waals surface area contributed by atoms with Gasteiger partial charge in [0.1, 0.15) is 36.7 Å². The number of unbranched alkanes of at least 4 members (excludes halogenated alkanes) is 2. The summed E-state index contributed by atoms with van der Waals surface area (Å²) in [4.78, 5) is 38.3. The van der Waals surface area contributed by atoms with Gasteiger partial charge in [-0.3, -0.25) is 9.59 Å². The van der Waals surface area contributed by atoms with Crippen LogP contribution in [0, 0.1) is 5.92 Å². The predicted molar refractivity (Wildman–Crippen MR) is 175 cm³/mol. The number of benzene rings is 1. The van der Waals surface area contributed by atoms with Crippen LogP contribution < -0.4 is 10.1 Å². The molecule has 0 aromatic heterocycles. The van der Waals surface area contributed by atoms with E-state index in [0.29, 0.717) is 23.3 Å². The zero-order chi connectivity index (χ0) is 32.7. The van der Waals surface area contributed by atoms with Crippen molar-refractivity contribution >= 4 is 41.8 Å². The maximum atomic E-state index is 13.0. The van der Waals surface area contributed by atoms with E-state index in [-0.39, 0.29) is 59.3 Å². The van der Waals surface area contributed by atoms with Crippen LogP contribution in [0.25, 0.3) is 0 Å². The van der Waals surface area contributed by atoms with Gasteiger partial charge in [-0.15, -0.1) is 0 Å². The van der Waals surface area contributed by atoms with Gasteiger partial charge >= 0.3 is 5.97 Å². The molecule has 0 bridgehead atoms. The Morgan fingerprint density at radius 3 is 2.52 bits per heavy atom. The largest absolute Gasteiger partial charge is 0.507 e. The highest BCUT2D eigenvalue weighted by atomic mass is 32.1. The van der Waals surface area contributed by atoms with Crippen LogP contribution in [0.4, 0.5) is 0 Å². The SMILES string of the molecule is C=[N+](C)[C@@H]1CCC(C)=C[C@H]1c1c(O)cc(CCCCC)cc1OC(=S)NCC1=C(C(=O)O)N(C(=O)CC(C)=O)C(CC)[C@H]1C. The summed E-state index contributed by atoms with van der Waals surface area (Å²) >= 11 is 5.62. The first-order valence-electron chi connectivity index (χ1n) is 15.6. The summed E-state index contributed by atoms with van der Waals surface area (Å²) in [6.07, 6.45) is 8.06. The number of carboxylic acids is 1. The number of allylic oxidation sites excluding steroid dienone is 1. The number of carbonyl (C=O) groups is 3. The van der Waals surface area contributed by atoms with Gasteiger partial charge in [0, 0.05) is 24.9 Å². The summed E-state index contributed by atoms with van der Waals surface area (Å²) in [6.45, 7) is 13.5. The highest BCUT2D eigenvalue weighted by Gasteiger charge is 2.43. The molecule has 9 nitrogen and oxygen atoms in total. The summed E-state index contributed by atoms with van der Waals surface area (Å²) in [6, 6.07) is 3.41. The Morgan fingerprint density at radius 2 is 1.93 bits per heavy atom. The van der Waals surface area contributed by atoms with Gasteiger partial charge in [-0.1, -0.05) is 45.3 Å². The summed E-state index contributed by atoms with van der Waals surface area (Å²) in [5.41, 5.74) is 3.20. The maximum Gasteiger partial charge on any atom is 0.352 e. The fraction of sp³-hybridized carbons (Fsp3) is 0.559. The monoisotopic (exact) mass is 626 g/mol. The van der Waals surface area contributed by atoms with Crippen molar-refractivity contribution in [2.24, 2.45) is 5.92 Å². The van der Waals surface area contributed by atoms with Crippen LogP contribution in [0.2, 0.25) is 0 Å². The fourth-order valence-corrected chi connectivity index (χ4v) is 6.72. The zero-order valence-corrected chi connectivity index (χ0v) is 27.8. The Hall–Kier alpha value is -3.53. The average Bonchev–Trinajstić information content (AvgIpc) is 3.22. The van der Waals surface area contributed by atoms with Gasteiger partial charge in [0.15, 0.2) is 6.04 Å². The standard InChI is InChI=1S/C34H47N3O6S/c1-8-10-11-12-23-17-28(39)31(24-15-20(3)13-14-27(24)36(6)7)29(18-23)43-34(44)35-19-25-22(5)26(9-2)37(32(25)33(41)42)30(40)16-21(4)38/h15,17-18,22,24,26-27H,6,8-14,16,19H2,1-5,7H3,(H2-,35,39,41,42,44)/p+1/t22-,24+,26?,27+/m0/s1. The van der Waals surface area contributed by atoms with Crippen molar-refractivity contribution in [2.75, 3.05) is 13.6 Å². The number of rotatable bonds is 13. The van der Waals surface area contributed by atoms with E-state index in [9.17, 15) is 24.6 Å². The first-order valence-corrected chi connectivity index (χ1v) is 16.0. The minimum Gasteiger partial charge on any atom is -0.507 e. The molecule has 1 aromatic carbocycles. The number of amides is 1. The molecule has 0 spiro atoms. The van der Waals surface area contributed by atoms with Crippen molar-refractivity contribution in [3.05, 3.63) is 46.2 Å². The highest BCUT2D eigenvalue weighted by Crippen LogP contribution is 2.43. The maximum absolute atomic E-state index is 13.0. The van der Waals surface area contributed by atoms with Crippen molar-refractivity contribution in [1.29, 1.82) is 0 Å². The molecule has 2 aliphatic rings. The Balaban J connectivity index is 1.95. The van der Waals surface area contributed by atoms with Crippen molar-refractivity contribution in [2.45, 2.75) is 104 Å². The molecule has 3 N–H and O–H groups in total. The fourth-order valence-electron chi connectivity index (χ4n) is 6.56. The molecule has 1 aliphatic carbocycles. The lowest BCUT2D eigenvalue weighted by atomic mass is 9.80. The van der Waals surface area contributed by atoms with Crippen LogP contribution in [0.3, 0.4) is 0 Å². The van der Waals surface area contributed by atoms with Crippen molar-refractivity contribution in [3.63, 3.8) is 0 Å². The minimum atomic E-state index is -1.23. The molecule has 0 fully saturated rings. The number of likely N-dealkylation sites (N-methyl/N-ethyl adjacent to an activating group) is 1. The molecule has 10 heteroatoms. The number of hydrogen-bond acceptors (Lipinski definition) is 6. The lowest BCUT2D eigenvalue weighted by Crippen LogP contribution is -2.40. The van der Waals surface area contributed by atoms with Crippen LogP contribution in [-0.2, 0) is 20.8 Å². The molecule has 0 saturated heterocycles. The van der Waals surface area contributed by atoms with Crippen LogP contribution in [0.1, 0.15) is 96.6 Å². The van der Waals surface area contributed by atoms with Crippen molar-refractivity contribution < 1.29 is 33.9 Å². The van der Waals surface area contributed by atoms with Crippen LogP contribution in [-0.4, -0.2) is 74.9 Å².